The Morgan fingerprint density at radius 3 is 2.50 bits per heavy atom. The Morgan fingerprint density at radius 1 is 0.944 bits per heavy atom. The molecule has 92 valence electrons. The minimum absolute atomic E-state index is 0.280. The number of phenolic OH excluding ortho intramolecular Hbond substituents is 1. The average Bonchev–Trinajstić information content (AvgIpc) is 2.93. The molecule has 0 saturated carbocycles. The molecular formula is C15H14O3. The quantitative estimate of drug-likeness (QED) is 0.879. The van der Waals surface area contributed by atoms with Crippen molar-refractivity contribution in [3.63, 3.8) is 0 Å². The first-order valence-corrected chi connectivity index (χ1v) is 5.96. The van der Waals surface area contributed by atoms with E-state index in [0.717, 1.165) is 16.7 Å². The van der Waals surface area contributed by atoms with E-state index >= 15 is 0 Å². The molecule has 1 aliphatic heterocycles. The summed E-state index contributed by atoms with van der Waals surface area (Å²) in [4.78, 5) is 0. The van der Waals surface area contributed by atoms with Crippen LogP contribution < -0.4 is 0 Å². The third-order valence-electron chi connectivity index (χ3n) is 3.00. The molecule has 1 saturated heterocycles. The van der Waals surface area contributed by atoms with Gasteiger partial charge in [-0.3, -0.25) is 0 Å². The molecule has 0 unspecified atom stereocenters. The van der Waals surface area contributed by atoms with E-state index in [1.807, 2.05) is 42.5 Å². The van der Waals surface area contributed by atoms with Gasteiger partial charge in [0.05, 0.1) is 13.2 Å². The van der Waals surface area contributed by atoms with Gasteiger partial charge in [-0.15, -0.1) is 0 Å². The number of benzene rings is 2. The Kier molecular flexibility index (Phi) is 3.00. The molecule has 0 aliphatic carbocycles. The molecule has 0 amide bonds. The fraction of sp³-hybridized carbons (Fsp3) is 0.200. The summed E-state index contributed by atoms with van der Waals surface area (Å²) in [6, 6.07) is 15.2. The van der Waals surface area contributed by atoms with E-state index in [1.165, 1.54) is 0 Å². The third-order valence-corrected chi connectivity index (χ3v) is 3.00. The fourth-order valence-electron chi connectivity index (χ4n) is 2.12. The predicted molar refractivity (Wildman–Crippen MR) is 68.2 cm³/mol. The molecule has 3 heteroatoms. The van der Waals surface area contributed by atoms with E-state index in [0.29, 0.717) is 13.2 Å². The predicted octanol–water partition coefficient (Wildman–Crippen LogP) is 3.10. The van der Waals surface area contributed by atoms with E-state index in [2.05, 4.69) is 0 Å². The summed E-state index contributed by atoms with van der Waals surface area (Å²) < 4.78 is 11.0. The van der Waals surface area contributed by atoms with Crippen LogP contribution in [0.3, 0.4) is 0 Å². The normalized spacial score (nSPS) is 16.0. The number of rotatable bonds is 2. The topological polar surface area (TPSA) is 38.7 Å². The maximum atomic E-state index is 9.86. The molecule has 1 N–H and O–H groups in total. The molecule has 1 aliphatic rings. The summed E-state index contributed by atoms with van der Waals surface area (Å²) in [5, 5.41) is 9.86. The monoisotopic (exact) mass is 242 g/mol. The summed E-state index contributed by atoms with van der Waals surface area (Å²) in [6.45, 7) is 1.26. The molecule has 0 spiro atoms. The van der Waals surface area contributed by atoms with E-state index in [4.69, 9.17) is 9.47 Å². The number of aromatic hydroxyl groups is 1. The molecule has 18 heavy (non-hydrogen) atoms. The maximum absolute atomic E-state index is 9.86. The molecule has 0 bridgehead atoms. The van der Waals surface area contributed by atoms with E-state index in [9.17, 15) is 5.11 Å². The van der Waals surface area contributed by atoms with Crippen LogP contribution in [-0.4, -0.2) is 18.3 Å². The van der Waals surface area contributed by atoms with Crippen molar-refractivity contribution in [2.24, 2.45) is 0 Å². The highest BCUT2D eigenvalue weighted by Gasteiger charge is 2.18. The fourth-order valence-corrected chi connectivity index (χ4v) is 2.12. The van der Waals surface area contributed by atoms with Crippen molar-refractivity contribution in [3.05, 3.63) is 54.1 Å². The van der Waals surface area contributed by atoms with Crippen molar-refractivity contribution in [2.45, 2.75) is 6.29 Å². The van der Waals surface area contributed by atoms with E-state index in [-0.39, 0.29) is 12.0 Å². The van der Waals surface area contributed by atoms with Crippen LogP contribution in [0, 0.1) is 0 Å². The lowest BCUT2D eigenvalue weighted by molar-refractivity contribution is -0.0440. The standard InChI is InChI=1S/C15H14O3/c16-14-7-2-1-6-13(14)11-4-3-5-12(10-11)15-17-8-9-18-15/h1-7,10,15-16H,8-9H2. The Bertz CT molecular complexity index is 545. The number of hydrogen-bond donors (Lipinski definition) is 1. The molecule has 2 aromatic rings. The summed E-state index contributed by atoms with van der Waals surface area (Å²) in [5.74, 6) is 0.280. The SMILES string of the molecule is Oc1ccccc1-c1cccc(C2OCCO2)c1. The zero-order valence-corrected chi connectivity index (χ0v) is 9.87. The molecule has 0 atom stereocenters. The number of phenols is 1. The van der Waals surface area contributed by atoms with Crippen LogP contribution >= 0.6 is 0 Å². The Hall–Kier alpha value is -1.84. The summed E-state index contributed by atoms with van der Waals surface area (Å²) in [5.41, 5.74) is 2.76. The lowest BCUT2D eigenvalue weighted by atomic mass is 10.0. The largest absolute Gasteiger partial charge is 0.507 e. The molecule has 1 heterocycles. The van der Waals surface area contributed by atoms with Gasteiger partial charge in [0.25, 0.3) is 0 Å². The highest BCUT2D eigenvalue weighted by Crippen LogP contribution is 2.32. The zero-order valence-electron chi connectivity index (χ0n) is 9.87. The van der Waals surface area contributed by atoms with Crippen molar-refractivity contribution >= 4 is 0 Å². The Morgan fingerprint density at radius 2 is 1.72 bits per heavy atom. The first kappa shape index (κ1) is 11.3. The van der Waals surface area contributed by atoms with E-state index < -0.39 is 0 Å². The zero-order chi connectivity index (χ0) is 12.4. The summed E-state index contributed by atoms with van der Waals surface area (Å²) in [6.07, 6.45) is -0.282. The van der Waals surface area contributed by atoms with Crippen LogP contribution in [0.4, 0.5) is 0 Å². The van der Waals surface area contributed by atoms with Gasteiger partial charge >= 0.3 is 0 Å². The van der Waals surface area contributed by atoms with E-state index in [1.54, 1.807) is 6.07 Å². The van der Waals surface area contributed by atoms with Gasteiger partial charge in [-0.2, -0.15) is 0 Å². The smallest absolute Gasteiger partial charge is 0.184 e. The molecule has 1 fully saturated rings. The van der Waals surface area contributed by atoms with Gasteiger partial charge in [0.15, 0.2) is 6.29 Å². The lowest BCUT2D eigenvalue weighted by Gasteiger charge is -2.11. The van der Waals surface area contributed by atoms with Crippen molar-refractivity contribution in [1.29, 1.82) is 0 Å². The highest BCUT2D eigenvalue weighted by atomic mass is 16.7. The third kappa shape index (κ3) is 2.10. The Labute approximate surface area is 106 Å². The minimum atomic E-state index is -0.282. The Balaban J connectivity index is 1.98. The van der Waals surface area contributed by atoms with Gasteiger partial charge in [0.1, 0.15) is 5.75 Å². The van der Waals surface area contributed by atoms with Crippen LogP contribution in [-0.2, 0) is 9.47 Å². The van der Waals surface area contributed by atoms with Crippen LogP contribution in [0.1, 0.15) is 11.9 Å². The molecule has 0 aromatic heterocycles. The first-order chi connectivity index (χ1) is 8.84. The van der Waals surface area contributed by atoms with Gasteiger partial charge in [0.2, 0.25) is 0 Å². The molecular weight excluding hydrogens is 228 g/mol. The second-order valence-electron chi connectivity index (χ2n) is 4.22. The van der Waals surface area contributed by atoms with Crippen LogP contribution in [0.2, 0.25) is 0 Å². The average molecular weight is 242 g/mol. The molecule has 3 nitrogen and oxygen atoms in total. The second kappa shape index (κ2) is 4.80. The molecule has 0 radical (unpaired) electrons. The van der Waals surface area contributed by atoms with Crippen molar-refractivity contribution in [3.8, 4) is 16.9 Å². The van der Waals surface area contributed by atoms with Crippen LogP contribution in [0.5, 0.6) is 5.75 Å². The van der Waals surface area contributed by atoms with Crippen LogP contribution in [0.25, 0.3) is 11.1 Å². The number of ether oxygens (including phenoxy) is 2. The lowest BCUT2D eigenvalue weighted by Crippen LogP contribution is -1.97. The van der Waals surface area contributed by atoms with Gasteiger partial charge in [-0.05, 0) is 17.7 Å². The maximum Gasteiger partial charge on any atom is 0.184 e. The minimum Gasteiger partial charge on any atom is -0.507 e. The first-order valence-electron chi connectivity index (χ1n) is 5.96. The molecule has 3 rings (SSSR count). The van der Waals surface area contributed by atoms with Crippen LogP contribution in [0.15, 0.2) is 48.5 Å². The van der Waals surface area contributed by atoms with Crippen molar-refractivity contribution in [2.75, 3.05) is 13.2 Å². The summed E-state index contributed by atoms with van der Waals surface area (Å²) in [7, 11) is 0. The number of hydrogen-bond acceptors (Lipinski definition) is 3. The second-order valence-corrected chi connectivity index (χ2v) is 4.22. The van der Waals surface area contributed by atoms with Crippen molar-refractivity contribution in [1.82, 2.24) is 0 Å². The van der Waals surface area contributed by atoms with Gasteiger partial charge in [-0.25, -0.2) is 0 Å². The van der Waals surface area contributed by atoms with Crippen molar-refractivity contribution < 1.29 is 14.6 Å². The van der Waals surface area contributed by atoms with Gasteiger partial charge in [0, 0.05) is 11.1 Å². The highest BCUT2D eigenvalue weighted by molar-refractivity contribution is 5.70. The number of para-hydroxylation sites is 1. The summed E-state index contributed by atoms with van der Waals surface area (Å²) >= 11 is 0. The van der Waals surface area contributed by atoms with Gasteiger partial charge < -0.3 is 14.6 Å². The molecule has 2 aromatic carbocycles. The van der Waals surface area contributed by atoms with Gasteiger partial charge in [-0.1, -0.05) is 36.4 Å².